The highest BCUT2D eigenvalue weighted by Gasteiger charge is 2.28. The Balaban J connectivity index is 2.54. The Bertz CT molecular complexity index is 479. The Morgan fingerprint density at radius 1 is 1.24 bits per heavy atom. The van der Waals surface area contributed by atoms with E-state index in [0.29, 0.717) is 5.96 Å². The molecule has 0 saturated carbocycles. The van der Waals surface area contributed by atoms with E-state index in [1.165, 1.54) is 11.1 Å². The molecule has 0 spiro atoms. The summed E-state index contributed by atoms with van der Waals surface area (Å²) in [4.78, 5) is 4.43. The minimum atomic E-state index is -0.249. The van der Waals surface area contributed by atoms with Crippen LogP contribution in [0.15, 0.2) is 23.2 Å². The highest BCUT2D eigenvalue weighted by Crippen LogP contribution is 2.36. The number of fused-ring (bicyclic) bond motifs is 1. The van der Waals surface area contributed by atoms with Gasteiger partial charge >= 0.3 is 0 Å². The lowest BCUT2D eigenvalue weighted by molar-refractivity contribution is 0.550. The molecule has 17 heavy (non-hydrogen) atoms. The molecule has 0 aliphatic carbocycles. The summed E-state index contributed by atoms with van der Waals surface area (Å²) >= 11 is 0. The van der Waals surface area contributed by atoms with E-state index in [4.69, 9.17) is 5.73 Å². The number of nitrogens with zero attached hydrogens (tertiary/aromatic N) is 1. The number of hydrogen-bond donors (Lipinski definition) is 2. The van der Waals surface area contributed by atoms with E-state index >= 15 is 0 Å². The first-order valence-electron chi connectivity index (χ1n) is 5.97. The van der Waals surface area contributed by atoms with Crippen LogP contribution in [0.1, 0.15) is 45.7 Å². The van der Waals surface area contributed by atoms with Crippen LogP contribution in [0.5, 0.6) is 0 Å². The van der Waals surface area contributed by atoms with Crippen LogP contribution in [0, 0.1) is 0 Å². The summed E-state index contributed by atoms with van der Waals surface area (Å²) in [5, 5.41) is 3.16. The van der Waals surface area contributed by atoms with Gasteiger partial charge in [-0.2, -0.15) is 0 Å². The van der Waals surface area contributed by atoms with Crippen molar-refractivity contribution >= 4 is 11.6 Å². The van der Waals surface area contributed by atoms with Gasteiger partial charge in [-0.05, 0) is 30.9 Å². The molecule has 1 aromatic rings. The predicted molar refractivity (Wildman–Crippen MR) is 73.4 cm³/mol. The number of aliphatic imine (C=N–C) groups is 1. The maximum atomic E-state index is 5.82. The van der Waals surface area contributed by atoms with E-state index < -0.39 is 0 Å². The summed E-state index contributed by atoms with van der Waals surface area (Å²) in [5.74, 6) is 0.494. The van der Waals surface area contributed by atoms with Gasteiger partial charge in [-0.3, -0.25) is 0 Å². The zero-order valence-corrected chi connectivity index (χ0v) is 11.3. The van der Waals surface area contributed by atoms with Crippen molar-refractivity contribution in [1.82, 2.24) is 0 Å². The van der Waals surface area contributed by atoms with Crippen LogP contribution in [0.3, 0.4) is 0 Å². The Morgan fingerprint density at radius 3 is 2.47 bits per heavy atom. The van der Waals surface area contributed by atoms with Crippen LogP contribution in [0.2, 0.25) is 0 Å². The van der Waals surface area contributed by atoms with Crippen LogP contribution in [0.4, 0.5) is 5.69 Å². The maximum absolute atomic E-state index is 5.82. The largest absolute Gasteiger partial charge is 0.370 e. The average Bonchev–Trinajstić information content (AvgIpc) is 2.13. The molecule has 0 bridgehead atoms. The summed E-state index contributed by atoms with van der Waals surface area (Å²) in [7, 11) is 0. The van der Waals surface area contributed by atoms with E-state index in [0.717, 1.165) is 5.69 Å². The monoisotopic (exact) mass is 231 g/mol. The Labute approximate surface area is 103 Å². The molecular formula is C14H21N3. The molecule has 3 heteroatoms. The lowest BCUT2D eigenvalue weighted by atomic mass is 9.83. The van der Waals surface area contributed by atoms with E-state index in [1.807, 2.05) is 0 Å². The third-order valence-corrected chi connectivity index (χ3v) is 3.21. The van der Waals surface area contributed by atoms with Crippen molar-refractivity contribution in [3.8, 4) is 0 Å². The fourth-order valence-electron chi connectivity index (χ4n) is 2.17. The van der Waals surface area contributed by atoms with Crippen molar-refractivity contribution in [3.05, 3.63) is 29.3 Å². The lowest BCUT2D eigenvalue weighted by Crippen LogP contribution is -2.34. The molecule has 3 N–H and O–H groups in total. The summed E-state index contributed by atoms with van der Waals surface area (Å²) in [6.07, 6.45) is 0. The highest BCUT2D eigenvalue weighted by molar-refractivity contribution is 5.95. The van der Waals surface area contributed by atoms with Gasteiger partial charge in [0, 0.05) is 11.3 Å². The van der Waals surface area contributed by atoms with E-state index in [2.05, 4.69) is 63.1 Å². The van der Waals surface area contributed by atoms with Crippen molar-refractivity contribution < 1.29 is 0 Å². The Morgan fingerprint density at radius 2 is 1.88 bits per heavy atom. The van der Waals surface area contributed by atoms with Crippen molar-refractivity contribution in [1.29, 1.82) is 0 Å². The van der Waals surface area contributed by atoms with Crippen molar-refractivity contribution in [3.63, 3.8) is 0 Å². The normalized spacial score (nSPS) is 18.1. The smallest absolute Gasteiger partial charge is 0.194 e. The van der Waals surface area contributed by atoms with Crippen molar-refractivity contribution in [2.24, 2.45) is 10.7 Å². The second kappa shape index (κ2) is 3.49. The third-order valence-electron chi connectivity index (χ3n) is 3.21. The summed E-state index contributed by atoms with van der Waals surface area (Å²) in [6.45, 7) is 10.8. The number of nitrogens with two attached hydrogens (primary N) is 1. The molecule has 2 rings (SSSR count). The molecule has 0 amide bonds. The molecule has 0 unspecified atom stereocenters. The standard InChI is InChI=1S/C14H21N3/c1-13(2,3)9-6-7-10-11(8-9)16-12(15)17-14(10,4)5/h6-8H,1-5H3,(H3,15,16,17). The quantitative estimate of drug-likeness (QED) is 0.721. The third kappa shape index (κ3) is 2.14. The molecule has 1 aliphatic heterocycles. The second-order valence-electron chi connectivity index (χ2n) is 6.19. The van der Waals surface area contributed by atoms with E-state index in [9.17, 15) is 0 Å². The van der Waals surface area contributed by atoms with E-state index in [1.54, 1.807) is 0 Å². The summed E-state index contributed by atoms with van der Waals surface area (Å²) in [6, 6.07) is 6.51. The molecule has 1 aliphatic rings. The first-order valence-corrected chi connectivity index (χ1v) is 5.97. The van der Waals surface area contributed by atoms with Crippen LogP contribution >= 0.6 is 0 Å². The fourth-order valence-corrected chi connectivity index (χ4v) is 2.17. The molecule has 0 fully saturated rings. The average molecular weight is 231 g/mol. The number of benzene rings is 1. The van der Waals surface area contributed by atoms with Gasteiger partial charge in [0.2, 0.25) is 0 Å². The number of nitrogens with one attached hydrogen (secondary N) is 1. The SMILES string of the molecule is CC(C)(C)c1ccc2c(c1)NC(N)=NC2(C)C. The number of rotatable bonds is 0. The topological polar surface area (TPSA) is 50.4 Å². The van der Waals surface area contributed by atoms with Crippen LogP contribution < -0.4 is 11.1 Å². The number of hydrogen-bond acceptors (Lipinski definition) is 3. The molecule has 92 valence electrons. The second-order valence-corrected chi connectivity index (χ2v) is 6.19. The van der Waals surface area contributed by atoms with Gasteiger partial charge in [0.05, 0.1) is 5.54 Å². The molecule has 1 aromatic carbocycles. The zero-order chi connectivity index (χ0) is 12.8. The highest BCUT2D eigenvalue weighted by atomic mass is 15.1. The minimum absolute atomic E-state index is 0.143. The zero-order valence-electron chi connectivity index (χ0n) is 11.3. The molecule has 3 nitrogen and oxygen atoms in total. The molecule has 0 saturated heterocycles. The van der Waals surface area contributed by atoms with Gasteiger partial charge in [0.15, 0.2) is 5.96 Å². The van der Waals surface area contributed by atoms with Gasteiger partial charge in [0.1, 0.15) is 0 Å². The molecule has 0 atom stereocenters. The van der Waals surface area contributed by atoms with Gasteiger partial charge < -0.3 is 11.1 Å². The molecule has 0 radical (unpaired) electrons. The fraction of sp³-hybridized carbons (Fsp3) is 0.500. The number of guanidine groups is 1. The van der Waals surface area contributed by atoms with Crippen LogP contribution in [-0.2, 0) is 11.0 Å². The lowest BCUT2D eigenvalue weighted by Gasteiger charge is -2.31. The van der Waals surface area contributed by atoms with Gasteiger partial charge in [-0.1, -0.05) is 32.9 Å². The number of anilines is 1. The van der Waals surface area contributed by atoms with Crippen LogP contribution in [-0.4, -0.2) is 5.96 Å². The van der Waals surface area contributed by atoms with Crippen LogP contribution in [0.25, 0.3) is 0 Å². The van der Waals surface area contributed by atoms with E-state index in [-0.39, 0.29) is 11.0 Å². The Hall–Kier alpha value is -1.51. The Kier molecular flexibility index (Phi) is 2.45. The summed E-state index contributed by atoms with van der Waals surface area (Å²) < 4.78 is 0. The van der Waals surface area contributed by atoms with Gasteiger partial charge in [-0.25, -0.2) is 4.99 Å². The predicted octanol–water partition coefficient (Wildman–Crippen LogP) is 2.96. The first kappa shape index (κ1) is 12.0. The molecular weight excluding hydrogens is 210 g/mol. The minimum Gasteiger partial charge on any atom is -0.370 e. The van der Waals surface area contributed by atoms with Gasteiger partial charge in [-0.15, -0.1) is 0 Å². The molecule has 0 aromatic heterocycles. The van der Waals surface area contributed by atoms with Crippen molar-refractivity contribution in [2.45, 2.75) is 45.6 Å². The maximum Gasteiger partial charge on any atom is 0.194 e. The first-order chi connectivity index (χ1) is 7.70. The van der Waals surface area contributed by atoms with Gasteiger partial charge in [0.25, 0.3) is 0 Å². The summed E-state index contributed by atoms with van der Waals surface area (Å²) in [5.41, 5.74) is 9.29. The van der Waals surface area contributed by atoms with Crippen molar-refractivity contribution in [2.75, 3.05) is 5.32 Å². The molecule has 1 heterocycles.